The van der Waals surface area contributed by atoms with Crippen LogP contribution in [0.4, 0.5) is 5.69 Å². The molecule has 6 heteroatoms. The summed E-state index contributed by atoms with van der Waals surface area (Å²) in [4.78, 5) is 23.7. The number of para-hydroxylation sites is 1. The zero-order valence-electron chi connectivity index (χ0n) is 11.4. The van der Waals surface area contributed by atoms with Crippen molar-refractivity contribution in [2.24, 2.45) is 0 Å². The number of benzene rings is 1. The molecule has 0 fully saturated rings. The van der Waals surface area contributed by atoms with Gasteiger partial charge in [-0.1, -0.05) is 18.2 Å². The molecule has 1 amide bonds. The summed E-state index contributed by atoms with van der Waals surface area (Å²) in [5, 5.41) is 13.5. The normalized spacial score (nSPS) is 11.5. The Kier molecular flexibility index (Phi) is 4.50. The number of nitrogens with one attached hydrogen (secondary N) is 1. The van der Waals surface area contributed by atoms with Gasteiger partial charge in [0.05, 0.1) is 5.56 Å². The number of amides is 1. The number of esters is 1. The topological polar surface area (TPSA) is 82.3 Å². The molecule has 6 nitrogen and oxygen atoms in total. The lowest BCUT2D eigenvalue weighted by atomic mass is 10.2. The maximum Gasteiger partial charge on any atom is 0.339 e. The lowest BCUT2D eigenvalue weighted by Crippen LogP contribution is -2.30. The van der Waals surface area contributed by atoms with Crippen LogP contribution in [0.1, 0.15) is 17.3 Å². The number of pyridine rings is 1. The number of hydrogen-bond acceptors (Lipinski definition) is 4. The molecule has 0 saturated heterocycles. The van der Waals surface area contributed by atoms with Gasteiger partial charge in [-0.3, -0.25) is 4.79 Å². The van der Waals surface area contributed by atoms with Gasteiger partial charge in [-0.2, -0.15) is 4.73 Å². The van der Waals surface area contributed by atoms with Crippen LogP contribution in [0.15, 0.2) is 54.9 Å². The number of nitrogens with zero attached hydrogens (tertiary/aromatic N) is 1. The summed E-state index contributed by atoms with van der Waals surface area (Å²) < 4.78 is 5.61. The predicted molar refractivity (Wildman–Crippen MR) is 75.4 cm³/mol. The fourth-order valence-electron chi connectivity index (χ4n) is 1.60. The SMILES string of the molecule is C[C@@H](OC(=O)c1cc[n+]([O-])cc1)C(=O)Nc1ccccc1. The lowest BCUT2D eigenvalue weighted by molar-refractivity contribution is -0.605. The van der Waals surface area contributed by atoms with Crippen LogP contribution < -0.4 is 10.0 Å². The molecule has 2 aromatic rings. The van der Waals surface area contributed by atoms with Crippen molar-refractivity contribution in [2.45, 2.75) is 13.0 Å². The molecule has 21 heavy (non-hydrogen) atoms. The number of carbonyl (C=O) groups excluding carboxylic acids is 2. The molecule has 0 aliphatic rings. The van der Waals surface area contributed by atoms with Gasteiger partial charge in [0.15, 0.2) is 18.5 Å². The maximum atomic E-state index is 11.9. The Bertz CT molecular complexity index is 626. The average Bonchev–Trinajstić information content (AvgIpc) is 2.48. The molecule has 1 N–H and O–H groups in total. The molecule has 0 aliphatic heterocycles. The van der Waals surface area contributed by atoms with E-state index >= 15 is 0 Å². The van der Waals surface area contributed by atoms with Crippen molar-refractivity contribution in [1.82, 2.24) is 0 Å². The first-order valence-electron chi connectivity index (χ1n) is 6.32. The monoisotopic (exact) mass is 286 g/mol. The molecule has 108 valence electrons. The van der Waals surface area contributed by atoms with E-state index < -0.39 is 18.0 Å². The lowest BCUT2D eigenvalue weighted by Gasteiger charge is -2.13. The maximum absolute atomic E-state index is 11.9. The molecule has 1 aromatic carbocycles. The highest BCUT2D eigenvalue weighted by Gasteiger charge is 2.19. The van der Waals surface area contributed by atoms with Crippen LogP contribution in [0.2, 0.25) is 0 Å². The number of carbonyl (C=O) groups is 2. The van der Waals surface area contributed by atoms with Crippen molar-refractivity contribution < 1.29 is 19.1 Å². The Morgan fingerprint density at radius 1 is 1.14 bits per heavy atom. The second-order valence-electron chi connectivity index (χ2n) is 4.35. The first-order valence-corrected chi connectivity index (χ1v) is 6.32. The summed E-state index contributed by atoms with van der Waals surface area (Å²) in [7, 11) is 0. The fourth-order valence-corrected chi connectivity index (χ4v) is 1.60. The largest absolute Gasteiger partial charge is 0.619 e. The van der Waals surface area contributed by atoms with E-state index in [9.17, 15) is 14.8 Å². The highest BCUT2D eigenvalue weighted by molar-refractivity contribution is 5.97. The Hall–Kier alpha value is -2.89. The van der Waals surface area contributed by atoms with E-state index in [0.29, 0.717) is 10.4 Å². The molecule has 1 heterocycles. The summed E-state index contributed by atoms with van der Waals surface area (Å²) in [6.07, 6.45) is 1.42. The van der Waals surface area contributed by atoms with Crippen molar-refractivity contribution in [3.63, 3.8) is 0 Å². The number of ether oxygens (including phenoxy) is 1. The van der Waals surface area contributed by atoms with Crippen LogP contribution >= 0.6 is 0 Å². The van der Waals surface area contributed by atoms with Gasteiger partial charge in [-0.25, -0.2) is 4.79 Å². The summed E-state index contributed by atoms with van der Waals surface area (Å²) in [6.45, 7) is 1.48. The Morgan fingerprint density at radius 2 is 1.76 bits per heavy atom. The minimum absolute atomic E-state index is 0.210. The molecule has 0 radical (unpaired) electrons. The van der Waals surface area contributed by atoms with Crippen molar-refractivity contribution in [1.29, 1.82) is 0 Å². The smallest absolute Gasteiger partial charge is 0.339 e. The van der Waals surface area contributed by atoms with E-state index in [-0.39, 0.29) is 5.56 Å². The number of hydrogen-bond donors (Lipinski definition) is 1. The van der Waals surface area contributed by atoms with Crippen LogP contribution in [0, 0.1) is 5.21 Å². The minimum Gasteiger partial charge on any atom is -0.619 e. The molecule has 1 atom stereocenters. The quantitative estimate of drug-likeness (QED) is 0.524. The van der Waals surface area contributed by atoms with E-state index in [1.807, 2.05) is 6.07 Å². The van der Waals surface area contributed by atoms with E-state index in [0.717, 1.165) is 0 Å². The molecular weight excluding hydrogens is 272 g/mol. The van der Waals surface area contributed by atoms with Gasteiger partial charge in [0, 0.05) is 17.8 Å². The summed E-state index contributed by atoms with van der Waals surface area (Å²) in [6, 6.07) is 11.5. The van der Waals surface area contributed by atoms with E-state index in [1.54, 1.807) is 24.3 Å². The van der Waals surface area contributed by atoms with Gasteiger partial charge >= 0.3 is 5.97 Å². The van der Waals surface area contributed by atoms with Gasteiger partial charge in [0.2, 0.25) is 0 Å². The number of anilines is 1. The molecule has 0 aliphatic carbocycles. The van der Waals surface area contributed by atoms with Crippen molar-refractivity contribution in [3.8, 4) is 0 Å². The summed E-state index contributed by atoms with van der Waals surface area (Å²) in [5.41, 5.74) is 0.832. The van der Waals surface area contributed by atoms with Gasteiger partial charge in [0.25, 0.3) is 5.91 Å². The van der Waals surface area contributed by atoms with Gasteiger partial charge < -0.3 is 15.3 Å². The standard InChI is InChI=1S/C15H14N2O4/c1-11(14(18)16-13-5-3-2-4-6-13)21-15(19)12-7-9-17(20)10-8-12/h2-11H,1H3,(H,16,18)/t11-/m1/s1. The molecule has 0 spiro atoms. The first-order chi connectivity index (χ1) is 10.1. The predicted octanol–water partition coefficient (Wildman–Crippen LogP) is 1.50. The third-order valence-electron chi connectivity index (χ3n) is 2.73. The molecular formula is C15H14N2O4. The Labute approximate surface area is 121 Å². The van der Waals surface area contributed by atoms with E-state index in [2.05, 4.69) is 5.32 Å². The number of aromatic nitrogens is 1. The highest BCUT2D eigenvalue weighted by atomic mass is 16.5. The van der Waals surface area contributed by atoms with Crippen molar-refractivity contribution in [3.05, 3.63) is 65.6 Å². The fraction of sp³-hybridized carbons (Fsp3) is 0.133. The Morgan fingerprint density at radius 3 is 2.38 bits per heavy atom. The zero-order valence-corrected chi connectivity index (χ0v) is 11.4. The van der Waals surface area contributed by atoms with Gasteiger partial charge in [-0.05, 0) is 19.1 Å². The van der Waals surface area contributed by atoms with E-state index in [1.165, 1.54) is 31.5 Å². The first kappa shape index (κ1) is 14.5. The Balaban J connectivity index is 1.94. The second-order valence-corrected chi connectivity index (χ2v) is 4.35. The van der Waals surface area contributed by atoms with Crippen LogP contribution in [0.3, 0.4) is 0 Å². The van der Waals surface area contributed by atoms with Crippen molar-refractivity contribution >= 4 is 17.6 Å². The van der Waals surface area contributed by atoms with Gasteiger partial charge in [0.1, 0.15) is 0 Å². The molecule has 2 rings (SSSR count). The second kappa shape index (κ2) is 6.51. The minimum atomic E-state index is -0.947. The number of rotatable bonds is 4. The van der Waals surface area contributed by atoms with Crippen LogP contribution in [0.5, 0.6) is 0 Å². The van der Waals surface area contributed by atoms with Crippen LogP contribution in [-0.2, 0) is 9.53 Å². The molecule has 1 aromatic heterocycles. The zero-order chi connectivity index (χ0) is 15.2. The summed E-state index contributed by atoms with van der Waals surface area (Å²) >= 11 is 0. The van der Waals surface area contributed by atoms with E-state index in [4.69, 9.17) is 4.74 Å². The molecule has 0 saturated carbocycles. The average molecular weight is 286 g/mol. The third kappa shape index (κ3) is 4.04. The molecule has 0 bridgehead atoms. The van der Waals surface area contributed by atoms with Crippen LogP contribution in [-0.4, -0.2) is 18.0 Å². The van der Waals surface area contributed by atoms with Gasteiger partial charge in [-0.15, -0.1) is 0 Å². The van der Waals surface area contributed by atoms with Crippen molar-refractivity contribution in [2.75, 3.05) is 5.32 Å². The molecule has 0 unspecified atom stereocenters. The van der Waals surface area contributed by atoms with Crippen LogP contribution in [0.25, 0.3) is 0 Å². The highest BCUT2D eigenvalue weighted by Crippen LogP contribution is 2.08. The third-order valence-corrected chi connectivity index (χ3v) is 2.73. The summed E-state index contributed by atoms with van der Waals surface area (Å²) in [5.74, 6) is -1.09.